The minimum absolute atomic E-state index is 0.217. The third-order valence-electron chi connectivity index (χ3n) is 2.54. The second-order valence-corrected chi connectivity index (χ2v) is 4.35. The standard InChI is InChI=1S/C13H9ClN4O2/c14-10-3-1-2-9(6-10)8-16-13-5-4-12(18(19)20)11(7-15)17-13/h1-6H,8H2,(H,16,17). The van der Waals surface area contributed by atoms with Crippen molar-refractivity contribution in [2.75, 3.05) is 5.32 Å². The number of pyridine rings is 1. The average molecular weight is 289 g/mol. The van der Waals surface area contributed by atoms with Gasteiger partial charge >= 0.3 is 5.69 Å². The van der Waals surface area contributed by atoms with Crippen molar-refractivity contribution < 1.29 is 4.92 Å². The Morgan fingerprint density at radius 1 is 1.40 bits per heavy atom. The number of benzene rings is 1. The first-order valence-electron chi connectivity index (χ1n) is 5.64. The van der Waals surface area contributed by atoms with Crippen LogP contribution in [0.15, 0.2) is 36.4 Å². The fraction of sp³-hybridized carbons (Fsp3) is 0.0769. The molecule has 0 bridgehead atoms. The molecule has 2 rings (SSSR count). The molecule has 7 heteroatoms. The van der Waals surface area contributed by atoms with Gasteiger partial charge in [0.15, 0.2) is 0 Å². The highest BCUT2D eigenvalue weighted by Crippen LogP contribution is 2.19. The molecular formula is C13H9ClN4O2. The fourth-order valence-electron chi connectivity index (χ4n) is 1.62. The highest BCUT2D eigenvalue weighted by atomic mass is 35.5. The summed E-state index contributed by atoms with van der Waals surface area (Å²) in [5, 5.41) is 23.1. The van der Waals surface area contributed by atoms with Gasteiger partial charge in [0.05, 0.1) is 4.92 Å². The van der Waals surface area contributed by atoms with E-state index in [1.807, 2.05) is 12.1 Å². The Bertz CT molecular complexity index is 697. The predicted octanol–water partition coefficient (Wildman–Crippen LogP) is 3.13. The van der Waals surface area contributed by atoms with Gasteiger partial charge in [-0.15, -0.1) is 0 Å². The van der Waals surface area contributed by atoms with Crippen LogP contribution in [0.4, 0.5) is 11.5 Å². The molecule has 1 N–H and O–H groups in total. The number of anilines is 1. The van der Waals surface area contributed by atoms with E-state index >= 15 is 0 Å². The van der Waals surface area contributed by atoms with Gasteiger partial charge < -0.3 is 5.32 Å². The van der Waals surface area contributed by atoms with Gasteiger partial charge in [-0.3, -0.25) is 10.1 Å². The minimum Gasteiger partial charge on any atom is -0.366 e. The molecule has 100 valence electrons. The van der Waals surface area contributed by atoms with Crippen molar-refractivity contribution in [2.45, 2.75) is 6.54 Å². The third-order valence-corrected chi connectivity index (χ3v) is 2.77. The lowest BCUT2D eigenvalue weighted by molar-refractivity contribution is -0.385. The predicted molar refractivity (Wildman–Crippen MR) is 74.4 cm³/mol. The highest BCUT2D eigenvalue weighted by molar-refractivity contribution is 6.30. The molecule has 0 aliphatic carbocycles. The molecule has 2 aromatic rings. The van der Waals surface area contributed by atoms with Gasteiger partial charge in [-0.25, -0.2) is 4.98 Å². The van der Waals surface area contributed by atoms with E-state index in [4.69, 9.17) is 16.9 Å². The molecule has 0 amide bonds. The van der Waals surface area contributed by atoms with Crippen LogP contribution in [0.2, 0.25) is 5.02 Å². The largest absolute Gasteiger partial charge is 0.366 e. The van der Waals surface area contributed by atoms with Crippen LogP contribution in [0.3, 0.4) is 0 Å². The van der Waals surface area contributed by atoms with E-state index in [1.54, 1.807) is 18.2 Å². The van der Waals surface area contributed by atoms with Crippen molar-refractivity contribution in [2.24, 2.45) is 0 Å². The van der Waals surface area contributed by atoms with E-state index in [9.17, 15) is 10.1 Å². The Hall–Kier alpha value is -2.65. The molecule has 0 saturated heterocycles. The zero-order valence-corrected chi connectivity index (χ0v) is 11.0. The molecular weight excluding hydrogens is 280 g/mol. The zero-order valence-electron chi connectivity index (χ0n) is 10.2. The number of rotatable bonds is 4. The van der Waals surface area contributed by atoms with Gasteiger partial charge in [0, 0.05) is 17.6 Å². The first-order valence-corrected chi connectivity index (χ1v) is 6.02. The molecule has 0 radical (unpaired) electrons. The van der Waals surface area contributed by atoms with Gasteiger partial charge in [-0.1, -0.05) is 23.7 Å². The van der Waals surface area contributed by atoms with Crippen molar-refractivity contribution in [1.29, 1.82) is 5.26 Å². The summed E-state index contributed by atoms with van der Waals surface area (Å²) in [6, 6.07) is 11.7. The molecule has 0 atom stereocenters. The van der Waals surface area contributed by atoms with Crippen molar-refractivity contribution in [3.05, 3.63) is 62.8 Å². The van der Waals surface area contributed by atoms with Crippen LogP contribution < -0.4 is 5.32 Å². The number of hydrogen-bond donors (Lipinski definition) is 1. The fourth-order valence-corrected chi connectivity index (χ4v) is 1.83. The maximum absolute atomic E-state index is 10.7. The summed E-state index contributed by atoms with van der Waals surface area (Å²) in [5.74, 6) is 0.395. The van der Waals surface area contributed by atoms with Crippen LogP contribution in [0.25, 0.3) is 0 Å². The second kappa shape index (κ2) is 5.99. The summed E-state index contributed by atoms with van der Waals surface area (Å²) < 4.78 is 0. The Morgan fingerprint density at radius 2 is 2.20 bits per heavy atom. The summed E-state index contributed by atoms with van der Waals surface area (Å²) in [7, 11) is 0. The van der Waals surface area contributed by atoms with Crippen molar-refractivity contribution >= 4 is 23.1 Å². The van der Waals surface area contributed by atoms with Crippen LogP contribution in [-0.2, 0) is 6.54 Å². The molecule has 0 aliphatic heterocycles. The lowest BCUT2D eigenvalue weighted by Crippen LogP contribution is -2.03. The van der Waals surface area contributed by atoms with Gasteiger partial charge in [0.1, 0.15) is 11.9 Å². The molecule has 1 heterocycles. The Kier molecular flexibility index (Phi) is 4.13. The first kappa shape index (κ1) is 13.8. The lowest BCUT2D eigenvalue weighted by Gasteiger charge is -2.06. The summed E-state index contributed by atoms with van der Waals surface area (Å²) >= 11 is 5.87. The summed E-state index contributed by atoms with van der Waals surface area (Å²) in [4.78, 5) is 14.0. The van der Waals surface area contributed by atoms with Crippen LogP contribution >= 0.6 is 11.6 Å². The molecule has 0 saturated carbocycles. The van der Waals surface area contributed by atoms with Gasteiger partial charge in [-0.2, -0.15) is 5.26 Å². The smallest absolute Gasteiger partial charge is 0.305 e. The van der Waals surface area contributed by atoms with E-state index in [0.29, 0.717) is 17.4 Å². The maximum atomic E-state index is 10.7. The van der Waals surface area contributed by atoms with Crippen molar-refractivity contribution in [3.8, 4) is 6.07 Å². The Labute approximate surface area is 119 Å². The number of nitro groups is 1. The number of nitrogens with zero attached hydrogens (tertiary/aromatic N) is 3. The molecule has 0 aliphatic rings. The van der Waals surface area contributed by atoms with Gasteiger partial charge in [-0.05, 0) is 23.8 Å². The zero-order chi connectivity index (χ0) is 14.5. The van der Waals surface area contributed by atoms with E-state index in [0.717, 1.165) is 5.56 Å². The summed E-state index contributed by atoms with van der Waals surface area (Å²) in [5.41, 5.74) is 0.420. The maximum Gasteiger partial charge on any atom is 0.305 e. The minimum atomic E-state index is -0.633. The van der Waals surface area contributed by atoms with E-state index in [-0.39, 0.29) is 11.4 Å². The number of aromatic nitrogens is 1. The van der Waals surface area contributed by atoms with Crippen LogP contribution in [0.5, 0.6) is 0 Å². The van der Waals surface area contributed by atoms with Crippen molar-refractivity contribution in [1.82, 2.24) is 4.98 Å². The summed E-state index contributed by atoms with van der Waals surface area (Å²) in [6.45, 7) is 0.455. The van der Waals surface area contributed by atoms with Crippen LogP contribution in [0, 0.1) is 21.4 Å². The molecule has 0 unspecified atom stereocenters. The topological polar surface area (TPSA) is 91.8 Å². The van der Waals surface area contributed by atoms with Crippen LogP contribution in [0.1, 0.15) is 11.3 Å². The Balaban J connectivity index is 2.15. The van der Waals surface area contributed by atoms with E-state index < -0.39 is 4.92 Å². The quantitative estimate of drug-likeness (QED) is 0.689. The number of nitriles is 1. The molecule has 0 spiro atoms. The van der Waals surface area contributed by atoms with Crippen molar-refractivity contribution in [3.63, 3.8) is 0 Å². The number of nitrogens with one attached hydrogen (secondary N) is 1. The first-order chi connectivity index (χ1) is 9.60. The van der Waals surface area contributed by atoms with E-state index in [1.165, 1.54) is 12.1 Å². The van der Waals surface area contributed by atoms with Crippen LogP contribution in [-0.4, -0.2) is 9.91 Å². The monoisotopic (exact) mass is 288 g/mol. The number of halogens is 1. The summed E-state index contributed by atoms with van der Waals surface area (Å²) in [6.07, 6.45) is 0. The Morgan fingerprint density at radius 3 is 2.85 bits per heavy atom. The van der Waals surface area contributed by atoms with Gasteiger partial charge in [0.25, 0.3) is 0 Å². The molecule has 6 nitrogen and oxygen atoms in total. The SMILES string of the molecule is N#Cc1nc(NCc2cccc(Cl)c2)ccc1[N+](=O)[O-]. The molecule has 20 heavy (non-hydrogen) atoms. The second-order valence-electron chi connectivity index (χ2n) is 3.92. The van der Waals surface area contributed by atoms with Gasteiger partial charge in [0.2, 0.25) is 5.69 Å². The number of hydrogen-bond acceptors (Lipinski definition) is 5. The lowest BCUT2D eigenvalue weighted by atomic mass is 10.2. The molecule has 0 fully saturated rings. The third kappa shape index (κ3) is 3.22. The molecule has 1 aromatic heterocycles. The normalized spacial score (nSPS) is 9.80. The highest BCUT2D eigenvalue weighted by Gasteiger charge is 2.15. The molecule has 1 aromatic carbocycles. The average Bonchev–Trinajstić information content (AvgIpc) is 2.44. The van der Waals surface area contributed by atoms with E-state index in [2.05, 4.69) is 10.3 Å².